The number of hydrogen-bond acceptors (Lipinski definition) is 9. The average Bonchev–Trinajstić information content (AvgIpc) is 3.27. The van der Waals surface area contributed by atoms with Crippen molar-refractivity contribution in [2.75, 3.05) is 55.1 Å². The number of benzene rings is 1. The minimum absolute atomic E-state index is 0.247. The fraction of sp³-hybridized carbons (Fsp3) is 0.462. The number of aromatic nitrogens is 3. The number of nitrogens with zero attached hydrogens (tertiary/aromatic N) is 5. The third-order valence-electron chi connectivity index (χ3n) is 7.12. The Balaban J connectivity index is 1.25. The molecular weight excluding hydrogens is 474 g/mol. The van der Waals surface area contributed by atoms with E-state index in [0.717, 1.165) is 56.3 Å². The Bertz CT molecular complexity index is 1270. The van der Waals surface area contributed by atoms with Crippen LogP contribution in [0.1, 0.15) is 23.9 Å². The van der Waals surface area contributed by atoms with Gasteiger partial charge in [-0.2, -0.15) is 0 Å². The number of aryl methyl sites for hydroxylation is 1. The van der Waals surface area contributed by atoms with E-state index in [2.05, 4.69) is 32.5 Å². The lowest BCUT2D eigenvalue weighted by Gasteiger charge is -2.41. The molecule has 6 rings (SSSR count). The van der Waals surface area contributed by atoms with Crippen LogP contribution in [0.4, 0.5) is 22.1 Å². The number of rotatable bonds is 5. The molecular formula is C26H31N7O4. The quantitative estimate of drug-likeness (QED) is 0.539. The van der Waals surface area contributed by atoms with E-state index in [4.69, 9.17) is 24.0 Å². The Morgan fingerprint density at radius 1 is 1.05 bits per heavy atom. The molecule has 5 heterocycles. The minimum Gasteiger partial charge on any atom is -0.378 e. The second kappa shape index (κ2) is 10.1. The number of carbonyl (C=O) groups is 1. The third-order valence-corrected chi connectivity index (χ3v) is 7.12. The first-order chi connectivity index (χ1) is 18.0. The highest BCUT2D eigenvalue weighted by atomic mass is 16.5. The first-order valence-corrected chi connectivity index (χ1v) is 12.7. The van der Waals surface area contributed by atoms with Gasteiger partial charge in [0.25, 0.3) is 0 Å². The summed E-state index contributed by atoms with van der Waals surface area (Å²) in [6.07, 6.45) is 0.925. The SMILES string of the molecule is Cc1cc(NC(=O)Nc2ccc(-c3nc4c(c(N5CCOCC5C)n3)CCN(C3COC3)C4)cc2)no1. The number of urea groups is 1. The summed E-state index contributed by atoms with van der Waals surface area (Å²) in [5.41, 5.74) is 3.87. The van der Waals surface area contributed by atoms with Gasteiger partial charge in [-0.15, -0.1) is 0 Å². The summed E-state index contributed by atoms with van der Waals surface area (Å²) in [5, 5.41) is 9.25. The van der Waals surface area contributed by atoms with Crippen LogP contribution in [0.3, 0.4) is 0 Å². The van der Waals surface area contributed by atoms with Crippen molar-refractivity contribution < 1.29 is 18.8 Å². The molecule has 3 aliphatic rings. The van der Waals surface area contributed by atoms with E-state index in [1.165, 1.54) is 5.56 Å². The van der Waals surface area contributed by atoms with Gasteiger partial charge in [0.05, 0.1) is 44.2 Å². The van der Waals surface area contributed by atoms with Gasteiger partial charge in [0.2, 0.25) is 0 Å². The van der Waals surface area contributed by atoms with Crippen molar-refractivity contribution in [3.63, 3.8) is 0 Å². The van der Waals surface area contributed by atoms with Gasteiger partial charge in [-0.3, -0.25) is 10.2 Å². The monoisotopic (exact) mass is 505 g/mol. The van der Waals surface area contributed by atoms with E-state index < -0.39 is 6.03 Å². The Hall–Kier alpha value is -3.54. The summed E-state index contributed by atoms with van der Waals surface area (Å²) in [7, 11) is 0. The second-order valence-electron chi connectivity index (χ2n) is 9.80. The molecule has 2 amide bonds. The lowest BCUT2D eigenvalue weighted by molar-refractivity contribution is -0.0699. The Morgan fingerprint density at radius 3 is 2.59 bits per heavy atom. The zero-order chi connectivity index (χ0) is 25.4. The number of hydrogen-bond donors (Lipinski definition) is 2. The number of nitrogens with one attached hydrogen (secondary N) is 2. The van der Waals surface area contributed by atoms with Crippen LogP contribution < -0.4 is 15.5 Å². The molecule has 11 heteroatoms. The highest BCUT2D eigenvalue weighted by molar-refractivity contribution is 5.99. The summed E-state index contributed by atoms with van der Waals surface area (Å²) >= 11 is 0. The lowest BCUT2D eigenvalue weighted by Crippen LogP contribution is -2.51. The molecule has 3 aliphatic heterocycles. The lowest BCUT2D eigenvalue weighted by atomic mass is 10.0. The molecule has 11 nitrogen and oxygen atoms in total. The molecule has 2 fully saturated rings. The Morgan fingerprint density at radius 2 is 1.89 bits per heavy atom. The first kappa shape index (κ1) is 23.8. The van der Waals surface area contributed by atoms with Gasteiger partial charge in [0.15, 0.2) is 11.6 Å². The van der Waals surface area contributed by atoms with Gasteiger partial charge in [-0.05, 0) is 44.5 Å². The first-order valence-electron chi connectivity index (χ1n) is 12.7. The zero-order valence-electron chi connectivity index (χ0n) is 21.1. The van der Waals surface area contributed by atoms with Crippen molar-refractivity contribution in [2.45, 2.75) is 38.9 Å². The van der Waals surface area contributed by atoms with Crippen molar-refractivity contribution >= 4 is 23.4 Å². The van der Waals surface area contributed by atoms with Gasteiger partial charge in [0, 0.05) is 42.5 Å². The zero-order valence-corrected chi connectivity index (χ0v) is 21.1. The van der Waals surface area contributed by atoms with Crippen LogP contribution in [0.5, 0.6) is 0 Å². The molecule has 2 aromatic heterocycles. The summed E-state index contributed by atoms with van der Waals surface area (Å²) in [4.78, 5) is 27.3. The number of morpholine rings is 1. The fourth-order valence-corrected chi connectivity index (χ4v) is 4.99. The van der Waals surface area contributed by atoms with Gasteiger partial charge in [-0.1, -0.05) is 5.16 Å². The summed E-state index contributed by atoms with van der Waals surface area (Å²) < 4.78 is 16.1. The maximum atomic E-state index is 12.3. The van der Waals surface area contributed by atoms with Gasteiger partial charge >= 0.3 is 6.03 Å². The van der Waals surface area contributed by atoms with E-state index in [1.807, 2.05) is 24.3 Å². The van der Waals surface area contributed by atoms with E-state index in [0.29, 0.717) is 42.3 Å². The molecule has 37 heavy (non-hydrogen) atoms. The third kappa shape index (κ3) is 5.02. The van der Waals surface area contributed by atoms with E-state index >= 15 is 0 Å². The second-order valence-corrected chi connectivity index (χ2v) is 9.80. The molecule has 0 aliphatic carbocycles. The molecule has 194 valence electrons. The highest BCUT2D eigenvalue weighted by Gasteiger charge is 2.33. The molecule has 0 saturated carbocycles. The van der Waals surface area contributed by atoms with E-state index in [-0.39, 0.29) is 6.04 Å². The maximum Gasteiger partial charge on any atom is 0.324 e. The van der Waals surface area contributed by atoms with Crippen LogP contribution in [0, 0.1) is 6.92 Å². The number of fused-ring (bicyclic) bond motifs is 1. The maximum absolute atomic E-state index is 12.3. The van der Waals surface area contributed by atoms with Crippen molar-refractivity contribution in [3.8, 4) is 11.4 Å². The van der Waals surface area contributed by atoms with Crippen molar-refractivity contribution in [1.82, 2.24) is 20.0 Å². The van der Waals surface area contributed by atoms with E-state index in [9.17, 15) is 4.79 Å². The number of amides is 2. The largest absolute Gasteiger partial charge is 0.378 e. The van der Waals surface area contributed by atoms with Gasteiger partial charge in [-0.25, -0.2) is 14.8 Å². The van der Waals surface area contributed by atoms with Crippen molar-refractivity contribution in [1.29, 1.82) is 0 Å². The molecule has 2 saturated heterocycles. The van der Waals surface area contributed by atoms with E-state index in [1.54, 1.807) is 13.0 Å². The molecule has 0 bridgehead atoms. The Kier molecular flexibility index (Phi) is 6.49. The predicted molar refractivity (Wildman–Crippen MR) is 138 cm³/mol. The standard InChI is InChI=1S/C26H31N7O4/c1-16-13-35-10-9-33(16)25-21-7-8-32(20-14-36-15-20)12-22(21)28-24(30-25)18-3-5-19(6-4-18)27-26(34)29-23-11-17(2)37-31-23/h3-6,11,16,20H,7-10,12-15H2,1-2H3,(H2,27,29,31,34). The molecule has 3 aromatic rings. The smallest absolute Gasteiger partial charge is 0.324 e. The van der Waals surface area contributed by atoms with Crippen molar-refractivity contribution in [2.24, 2.45) is 0 Å². The fourth-order valence-electron chi connectivity index (χ4n) is 4.99. The molecule has 2 N–H and O–H groups in total. The molecule has 1 aromatic carbocycles. The average molecular weight is 506 g/mol. The van der Waals surface area contributed by atoms with Crippen LogP contribution in [-0.4, -0.2) is 77.7 Å². The van der Waals surface area contributed by atoms with Crippen LogP contribution in [0.2, 0.25) is 0 Å². The molecule has 1 unspecified atom stereocenters. The highest BCUT2D eigenvalue weighted by Crippen LogP contribution is 2.32. The molecule has 1 atom stereocenters. The van der Waals surface area contributed by atoms with Crippen LogP contribution >= 0.6 is 0 Å². The van der Waals surface area contributed by atoms with Gasteiger partial charge in [0.1, 0.15) is 11.6 Å². The number of anilines is 3. The number of ether oxygens (including phenoxy) is 2. The van der Waals surface area contributed by atoms with Crippen LogP contribution in [0.15, 0.2) is 34.9 Å². The molecule has 0 spiro atoms. The van der Waals surface area contributed by atoms with Gasteiger partial charge < -0.3 is 24.2 Å². The Labute approximate surface area is 215 Å². The normalized spacial score (nSPS) is 20.3. The summed E-state index contributed by atoms with van der Waals surface area (Å²) in [6.45, 7) is 9.52. The predicted octanol–water partition coefficient (Wildman–Crippen LogP) is 3.07. The van der Waals surface area contributed by atoms with Crippen LogP contribution in [-0.2, 0) is 22.4 Å². The van der Waals surface area contributed by atoms with Crippen molar-refractivity contribution in [3.05, 3.63) is 47.3 Å². The summed E-state index contributed by atoms with van der Waals surface area (Å²) in [5.74, 6) is 2.69. The van der Waals surface area contributed by atoms with Crippen LogP contribution in [0.25, 0.3) is 11.4 Å². The topological polar surface area (TPSA) is 118 Å². The minimum atomic E-state index is -0.394. The number of carbonyl (C=O) groups excluding carboxylic acids is 1. The molecule has 0 radical (unpaired) electrons. The summed E-state index contributed by atoms with van der Waals surface area (Å²) in [6, 6.07) is 9.54.